The molecule has 3 aromatic rings. The van der Waals surface area contributed by atoms with E-state index in [1.165, 1.54) is 0 Å². The molecule has 0 aliphatic carbocycles. The number of hydrogen-bond donors (Lipinski definition) is 3. The molecule has 35 heavy (non-hydrogen) atoms. The number of anilines is 1. The number of methoxy groups -OCH3 is 1. The van der Waals surface area contributed by atoms with Crippen LogP contribution in [0.2, 0.25) is 0 Å². The SMILES string of the molecule is COc1cccc([C@@H]2C[C@]3(C)NC(=O)CCCC[C@@H]3N2CC(=O)Nc2ccc3nc(C)[nH]c3c2)c1. The summed E-state index contributed by atoms with van der Waals surface area (Å²) in [5, 5.41) is 6.38. The first-order valence-corrected chi connectivity index (χ1v) is 12.3. The number of ether oxygens (including phenoxy) is 1. The number of aromatic nitrogens is 2. The molecule has 0 unspecified atom stereocenters. The number of amides is 2. The van der Waals surface area contributed by atoms with Crippen LogP contribution in [0.5, 0.6) is 5.75 Å². The maximum atomic E-state index is 13.3. The third-order valence-electron chi connectivity index (χ3n) is 7.40. The normalized spacial score (nSPS) is 24.9. The molecule has 2 saturated heterocycles. The molecule has 0 saturated carbocycles. The number of H-pyrrole nitrogens is 1. The van der Waals surface area contributed by atoms with Crippen molar-refractivity contribution >= 4 is 28.5 Å². The highest BCUT2D eigenvalue weighted by molar-refractivity contribution is 5.94. The number of hydrogen-bond acceptors (Lipinski definition) is 5. The number of aromatic amines is 1. The second kappa shape index (κ2) is 9.34. The van der Waals surface area contributed by atoms with E-state index in [9.17, 15) is 9.59 Å². The molecule has 8 heteroatoms. The van der Waals surface area contributed by atoms with Crippen molar-refractivity contribution in [2.75, 3.05) is 19.0 Å². The Morgan fingerprint density at radius 1 is 1.26 bits per heavy atom. The van der Waals surface area contributed by atoms with Gasteiger partial charge in [0, 0.05) is 24.2 Å². The maximum absolute atomic E-state index is 13.3. The van der Waals surface area contributed by atoms with Crippen molar-refractivity contribution in [3.63, 3.8) is 0 Å². The van der Waals surface area contributed by atoms with Crippen molar-refractivity contribution in [2.24, 2.45) is 0 Å². The first-order valence-electron chi connectivity index (χ1n) is 12.3. The van der Waals surface area contributed by atoms with Crippen LogP contribution in [0.15, 0.2) is 42.5 Å². The number of fused-ring (bicyclic) bond motifs is 2. The van der Waals surface area contributed by atoms with Crippen LogP contribution >= 0.6 is 0 Å². The minimum Gasteiger partial charge on any atom is -0.497 e. The third-order valence-corrected chi connectivity index (χ3v) is 7.40. The van der Waals surface area contributed by atoms with Crippen LogP contribution in [0.3, 0.4) is 0 Å². The van der Waals surface area contributed by atoms with Crippen LogP contribution in [-0.2, 0) is 9.59 Å². The topological polar surface area (TPSA) is 99.3 Å². The first-order chi connectivity index (χ1) is 16.8. The average molecular weight is 476 g/mol. The maximum Gasteiger partial charge on any atom is 0.238 e. The van der Waals surface area contributed by atoms with Crippen LogP contribution in [0.4, 0.5) is 5.69 Å². The molecule has 0 bridgehead atoms. The molecule has 2 amide bonds. The van der Waals surface area contributed by atoms with E-state index in [0.29, 0.717) is 6.42 Å². The molecule has 5 rings (SSSR count). The third kappa shape index (κ3) is 4.75. The largest absolute Gasteiger partial charge is 0.497 e. The Balaban J connectivity index is 1.43. The van der Waals surface area contributed by atoms with Crippen LogP contribution in [0, 0.1) is 6.92 Å². The van der Waals surface area contributed by atoms with Gasteiger partial charge in [0.25, 0.3) is 0 Å². The summed E-state index contributed by atoms with van der Waals surface area (Å²) in [4.78, 5) is 35.8. The van der Waals surface area contributed by atoms with Gasteiger partial charge in [-0.1, -0.05) is 18.6 Å². The van der Waals surface area contributed by atoms with E-state index < -0.39 is 5.54 Å². The van der Waals surface area contributed by atoms with Crippen molar-refractivity contribution < 1.29 is 14.3 Å². The molecule has 184 valence electrons. The summed E-state index contributed by atoms with van der Waals surface area (Å²) in [5.74, 6) is 1.64. The monoisotopic (exact) mass is 475 g/mol. The number of carbonyl (C=O) groups is 2. The molecule has 3 N–H and O–H groups in total. The van der Waals surface area contributed by atoms with Gasteiger partial charge in [0.1, 0.15) is 11.6 Å². The zero-order valence-electron chi connectivity index (χ0n) is 20.6. The van der Waals surface area contributed by atoms with Gasteiger partial charge in [0.05, 0.1) is 30.2 Å². The fourth-order valence-corrected chi connectivity index (χ4v) is 5.82. The van der Waals surface area contributed by atoms with Gasteiger partial charge in [-0.2, -0.15) is 0 Å². The summed E-state index contributed by atoms with van der Waals surface area (Å²) in [6.07, 6.45) is 4.06. The highest BCUT2D eigenvalue weighted by Gasteiger charge is 2.51. The highest BCUT2D eigenvalue weighted by Crippen LogP contribution is 2.45. The molecule has 2 fully saturated rings. The smallest absolute Gasteiger partial charge is 0.238 e. The van der Waals surface area contributed by atoms with E-state index in [1.54, 1.807) is 7.11 Å². The van der Waals surface area contributed by atoms with E-state index in [2.05, 4.69) is 38.5 Å². The fourth-order valence-electron chi connectivity index (χ4n) is 5.82. The summed E-state index contributed by atoms with van der Waals surface area (Å²) in [5.41, 5.74) is 3.19. The number of benzene rings is 2. The van der Waals surface area contributed by atoms with E-state index in [4.69, 9.17) is 4.74 Å². The minimum absolute atomic E-state index is 0.0120. The van der Waals surface area contributed by atoms with E-state index in [0.717, 1.165) is 59.5 Å². The second-order valence-electron chi connectivity index (χ2n) is 10.00. The predicted molar refractivity (Wildman–Crippen MR) is 135 cm³/mol. The summed E-state index contributed by atoms with van der Waals surface area (Å²) < 4.78 is 5.47. The molecule has 1 aromatic heterocycles. The lowest BCUT2D eigenvalue weighted by atomic mass is 9.85. The standard InChI is InChI=1S/C27H33N5O3/c1-17-28-21-12-11-19(14-22(21)29-17)30-26(34)16-32-23(18-7-6-8-20(13-18)35-3)15-27(2)24(32)9-4-5-10-25(33)31-27/h6-8,11-14,23-24H,4-5,9-10,15-16H2,1-3H3,(H,28,29)(H,30,34)(H,31,33)/t23-,24-,27-/m0/s1. The van der Waals surface area contributed by atoms with E-state index in [-0.39, 0.29) is 30.4 Å². The lowest BCUT2D eigenvalue weighted by Gasteiger charge is -2.38. The number of likely N-dealkylation sites (tertiary alicyclic amines) is 1. The Labute approximate surface area is 205 Å². The molecule has 2 aliphatic rings. The van der Waals surface area contributed by atoms with Gasteiger partial charge < -0.3 is 20.4 Å². The van der Waals surface area contributed by atoms with Gasteiger partial charge in [0.2, 0.25) is 11.8 Å². The van der Waals surface area contributed by atoms with Crippen molar-refractivity contribution in [2.45, 2.75) is 63.6 Å². The Bertz CT molecular complexity index is 1250. The summed E-state index contributed by atoms with van der Waals surface area (Å²) in [6.45, 7) is 4.27. The second-order valence-corrected chi connectivity index (χ2v) is 10.00. The van der Waals surface area contributed by atoms with Gasteiger partial charge in [-0.25, -0.2) is 4.98 Å². The van der Waals surface area contributed by atoms with Crippen molar-refractivity contribution in [1.29, 1.82) is 0 Å². The zero-order valence-corrected chi connectivity index (χ0v) is 20.6. The number of aryl methyl sites for hydroxylation is 1. The number of nitrogens with one attached hydrogen (secondary N) is 3. The summed E-state index contributed by atoms with van der Waals surface area (Å²) >= 11 is 0. The number of rotatable bonds is 5. The highest BCUT2D eigenvalue weighted by atomic mass is 16.5. The van der Waals surface area contributed by atoms with Crippen LogP contribution in [0.25, 0.3) is 11.0 Å². The van der Waals surface area contributed by atoms with Crippen LogP contribution in [-0.4, -0.2) is 51.9 Å². The van der Waals surface area contributed by atoms with E-state index in [1.807, 2.05) is 43.3 Å². The molecule has 2 aromatic carbocycles. The number of carbonyl (C=O) groups excluding carboxylic acids is 2. The fraction of sp³-hybridized carbons (Fsp3) is 0.444. The summed E-state index contributed by atoms with van der Waals surface area (Å²) in [7, 11) is 1.66. The molecule has 3 heterocycles. The van der Waals surface area contributed by atoms with Gasteiger partial charge in [-0.05, 0) is 69.0 Å². The molecule has 8 nitrogen and oxygen atoms in total. The Morgan fingerprint density at radius 2 is 2.11 bits per heavy atom. The van der Waals surface area contributed by atoms with Crippen LogP contribution in [0.1, 0.15) is 56.5 Å². The molecular formula is C27H33N5O3. The van der Waals surface area contributed by atoms with Crippen molar-refractivity contribution in [3.8, 4) is 5.75 Å². The van der Waals surface area contributed by atoms with E-state index >= 15 is 0 Å². The molecular weight excluding hydrogens is 442 g/mol. The van der Waals surface area contributed by atoms with Crippen molar-refractivity contribution in [3.05, 3.63) is 53.9 Å². The van der Waals surface area contributed by atoms with Gasteiger partial charge in [-0.15, -0.1) is 0 Å². The number of nitrogens with zero attached hydrogens (tertiary/aromatic N) is 2. The Morgan fingerprint density at radius 3 is 2.94 bits per heavy atom. The lowest BCUT2D eigenvalue weighted by Crippen LogP contribution is -2.56. The quantitative estimate of drug-likeness (QED) is 0.516. The van der Waals surface area contributed by atoms with Gasteiger partial charge >= 0.3 is 0 Å². The van der Waals surface area contributed by atoms with Crippen LogP contribution < -0.4 is 15.4 Å². The Kier molecular flexibility index (Phi) is 6.23. The molecule has 0 spiro atoms. The summed E-state index contributed by atoms with van der Waals surface area (Å²) in [6, 6.07) is 13.8. The lowest BCUT2D eigenvalue weighted by molar-refractivity contribution is -0.123. The van der Waals surface area contributed by atoms with Crippen molar-refractivity contribution in [1.82, 2.24) is 20.2 Å². The average Bonchev–Trinajstić information content (AvgIpc) is 3.31. The predicted octanol–water partition coefficient (Wildman–Crippen LogP) is 4.08. The minimum atomic E-state index is -0.405. The van der Waals surface area contributed by atoms with Gasteiger partial charge in [-0.3, -0.25) is 14.5 Å². The zero-order chi connectivity index (χ0) is 24.6. The number of imidazole rings is 1. The molecule has 3 atom stereocenters. The molecule has 2 aliphatic heterocycles. The first kappa shape index (κ1) is 23.4. The molecule has 0 radical (unpaired) electrons. The van der Waals surface area contributed by atoms with Gasteiger partial charge in [0.15, 0.2) is 0 Å². The Hall–Kier alpha value is -3.39.